The van der Waals surface area contributed by atoms with Crippen LogP contribution in [0.25, 0.3) is 0 Å². The van der Waals surface area contributed by atoms with E-state index in [1.807, 2.05) is 25.1 Å². The van der Waals surface area contributed by atoms with Crippen LogP contribution in [0, 0.1) is 6.92 Å². The van der Waals surface area contributed by atoms with Crippen LogP contribution in [-0.4, -0.2) is 17.5 Å². The van der Waals surface area contributed by atoms with Crippen LogP contribution in [0.1, 0.15) is 50.5 Å². The molecule has 1 aliphatic carbocycles. The third-order valence-corrected chi connectivity index (χ3v) is 3.85. The molecule has 0 radical (unpaired) electrons. The van der Waals surface area contributed by atoms with Crippen LogP contribution in [0.3, 0.4) is 0 Å². The summed E-state index contributed by atoms with van der Waals surface area (Å²) in [5.41, 5.74) is 4.91. The molecule has 0 aliphatic heterocycles. The summed E-state index contributed by atoms with van der Waals surface area (Å²) in [7, 11) is 0. The molecular formula is C17H23N3O2. The second-order valence-electron chi connectivity index (χ2n) is 5.66. The number of aryl methyl sites for hydroxylation is 1. The third kappa shape index (κ3) is 4.98. The Morgan fingerprint density at radius 2 is 1.59 bits per heavy atom. The highest BCUT2D eigenvalue weighted by Crippen LogP contribution is 2.15. The van der Waals surface area contributed by atoms with Crippen molar-refractivity contribution >= 4 is 23.2 Å². The first-order chi connectivity index (χ1) is 10.7. The van der Waals surface area contributed by atoms with E-state index in [0.717, 1.165) is 37.0 Å². The first-order valence-electron chi connectivity index (χ1n) is 7.89. The number of para-hydroxylation sites is 1. The van der Waals surface area contributed by atoms with Gasteiger partial charge in [-0.2, -0.15) is 5.10 Å². The number of carbonyl (C=O) groups is 2. The van der Waals surface area contributed by atoms with Gasteiger partial charge in [-0.3, -0.25) is 9.59 Å². The van der Waals surface area contributed by atoms with Crippen LogP contribution in [0.4, 0.5) is 5.69 Å². The van der Waals surface area contributed by atoms with E-state index < -0.39 is 11.8 Å². The number of nitrogens with zero attached hydrogens (tertiary/aromatic N) is 1. The van der Waals surface area contributed by atoms with Crippen LogP contribution in [0.15, 0.2) is 29.4 Å². The van der Waals surface area contributed by atoms with Crippen molar-refractivity contribution in [1.29, 1.82) is 0 Å². The Bertz CT molecular complexity index is 557. The fourth-order valence-corrected chi connectivity index (χ4v) is 2.50. The molecule has 0 unspecified atom stereocenters. The zero-order valence-electron chi connectivity index (χ0n) is 13.0. The van der Waals surface area contributed by atoms with Crippen LogP contribution < -0.4 is 10.7 Å². The second kappa shape index (κ2) is 8.32. The minimum absolute atomic E-state index is 0.640. The fraction of sp³-hybridized carbons (Fsp3) is 0.471. The van der Waals surface area contributed by atoms with Crippen molar-refractivity contribution in [2.75, 3.05) is 5.32 Å². The summed E-state index contributed by atoms with van der Waals surface area (Å²) in [5.74, 6) is -1.41. The lowest BCUT2D eigenvalue weighted by molar-refractivity contribution is -0.136. The summed E-state index contributed by atoms with van der Waals surface area (Å²) < 4.78 is 0. The molecule has 1 aliphatic rings. The summed E-state index contributed by atoms with van der Waals surface area (Å²) in [4.78, 5) is 23.7. The molecule has 0 saturated heterocycles. The predicted molar refractivity (Wildman–Crippen MR) is 87.7 cm³/mol. The maximum Gasteiger partial charge on any atom is 0.329 e. The Morgan fingerprint density at radius 3 is 2.27 bits per heavy atom. The lowest BCUT2D eigenvalue weighted by atomic mass is 9.99. The number of carbonyl (C=O) groups excluding carboxylic acids is 2. The van der Waals surface area contributed by atoms with E-state index in [1.54, 1.807) is 6.07 Å². The van der Waals surface area contributed by atoms with E-state index in [9.17, 15) is 9.59 Å². The van der Waals surface area contributed by atoms with E-state index in [0.29, 0.717) is 5.69 Å². The smallest absolute Gasteiger partial charge is 0.317 e. The minimum atomic E-state index is -0.724. The highest BCUT2D eigenvalue weighted by molar-refractivity contribution is 6.39. The van der Waals surface area contributed by atoms with Crippen molar-refractivity contribution in [2.45, 2.75) is 51.9 Å². The van der Waals surface area contributed by atoms with Gasteiger partial charge in [0.2, 0.25) is 0 Å². The number of anilines is 1. The van der Waals surface area contributed by atoms with E-state index in [4.69, 9.17) is 0 Å². The Kier molecular flexibility index (Phi) is 6.13. The highest BCUT2D eigenvalue weighted by atomic mass is 16.2. The Balaban J connectivity index is 1.88. The van der Waals surface area contributed by atoms with Crippen molar-refractivity contribution in [3.8, 4) is 0 Å². The van der Waals surface area contributed by atoms with Gasteiger partial charge in [0.15, 0.2) is 0 Å². The molecule has 0 heterocycles. The normalized spacial score (nSPS) is 15.4. The van der Waals surface area contributed by atoms with Gasteiger partial charge in [-0.25, -0.2) is 5.43 Å². The molecule has 2 N–H and O–H groups in total. The Labute approximate surface area is 131 Å². The molecule has 0 aromatic heterocycles. The maximum atomic E-state index is 11.9. The molecule has 5 nitrogen and oxygen atoms in total. The number of benzene rings is 1. The summed E-state index contributed by atoms with van der Waals surface area (Å²) in [6, 6.07) is 7.34. The summed E-state index contributed by atoms with van der Waals surface area (Å²) >= 11 is 0. The largest absolute Gasteiger partial charge is 0.329 e. The van der Waals surface area contributed by atoms with Gasteiger partial charge in [-0.1, -0.05) is 37.5 Å². The monoisotopic (exact) mass is 301 g/mol. The van der Waals surface area contributed by atoms with Gasteiger partial charge >= 0.3 is 11.8 Å². The molecule has 5 heteroatoms. The standard InChI is InChI=1S/C17H23N3O2/c1-13-9-7-8-12-15(13)18-16(21)17(22)20-19-14-10-5-3-2-4-6-11-14/h7-9,12H,2-6,10-11H2,1H3,(H,18,21)(H,20,22). The molecule has 0 spiro atoms. The van der Waals surface area contributed by atoms with Gasteiger partial charge in [0.1, 0.15) is 0 Å². The molecule has 118 valence electrons. The number of hydrogen-bond donors (Lipinski definition) is 2. The van der Waals surface area contributed by atoms with Crippen molar-refractivity contribution in [1.82, 2.24) is 5.43 Å². The maximum absolute atomic E-state index is 11.9. The average Bonchev–Trinajstić information content (AvgIpc) is 2.48. The predicted octanol–water partition coefficient (Wildman–Crippen LogP) is 3.15. The van der Waals surface area contributed by atoms with E-state index in [2.05, 4.69) is 15.8 Å². The zero-order valence-corrected chi connectivity index (χ0v) is 13.0. The van der Waals surface area contributed by atoms with Crippen LogP contribution in [-0.2, 0) is 9.59 Å². The molecule has 22 heavy (non-hydrogen) atoms. The number of amides is 2. The Morgan fingerprint density at radius 1 is 0.955 bits per heavy atom. The molecule has 1 aromatic carbocycles. The van der Waals surface area contributed by atoms with Gasteiger partial charge in [-0.15, -0.1) is 0 Å². The molecule has 2 rings (SSSR count). The summed E-state index contributed by atoms with van der Waals surface area (Å²) in [6.45, 7) is 1.88. The first-order valence-corrected chi connectivity index (χ1v) is 7.89. The van der Waals surface area contributed by atoms with Crippen LogP contribution >= 0.6 is 0 Å². The van der Waals surface area contributed by atoms with Crippen molar-refractivity contribution in [2.24, 2.45) is 5.10 Å². The number of nitrogens with one attached hydrogen (secondary N) is 2. The van der Waals surface area contributed by atoms with Gasteiger partial charge < -0.3 is 5.32 Å². The number of rotatable bonds is 2. The van der Waals surface area contributed by atoms with E-state index in [1.165, 1.54) is 19.3 Å². The molecule has 0 atom stereocenters. The topological polar surface area (TPSA) is 70.6 Å². The summed E-state index contributed by atoms with van der Waals surface area (Å²) in [5, 5.41) is 6.73. The number of hydrogen-bond acceptors (Lipinski definition) is 3. The lowest BCUT2D eigenvalue weighted by Gasteiger charge is -2.11. The van der Waals surface area contributed by atoms with E-state index >= 15 is 0 Å². The Hall–Kier alpha value is -2.17. The van der Waals surface area contributed by atoms with Gasteiger partial charge in [0.05, 0.1) is 0 Å². The van der Waals surface area contributed by atoms with E-state index in [-0.39, 0.29) is 0 Å². The minimum Gasteiger partial charge on any atom is -0.317 e. The van der Waals surface area contributed by atoms with Crippen LogP contribution in [0.5, 0.6) is 0 Å². The van der Waals surface area contributed by atoms with Gasteiger partial charge in [-0.05, 0) is 44.2 Å². The quantitative estimate of drug-likeness (QED) is 0.650. The molecule has 1 fully saturated rings. The lowest BCUT2D eigenvalue weighted by Crippen LogP contribution is -2.33. The van der Waals surface area contributed by atoms with Crippen molar-refractivity contribution < 1.29 is 9.59 Å². The molecular weight excluding hydrogens is 278 g/mol. The van der Waals surface area contributed by atoms with Crippen LogP contribution in [0.2, 0.25) is 0 Å². The SMILES string of the molecule is Cc1ccccc1NC(=O)C(=O)NN=C1CCCCCCC1. The van der Waals surface area contributed by atoms with Crippen molar-refractivity contribution in [3.63, 3.8) is 0 Å². The number of hydrazone groups is 1. The molecule has 0 bridgehead atoms. The molecule has 1 aromatic rings. The highest BCUT2D eigenvalue weighted by Gasteiger charge is 2.14. The summed E-state index contributed by atoms with van der Waals surface area (Å²) in [6.07, 6.45) is 7.70. The van der Waals surface area contributed by atoms with Gasteiger partial charge in [0.25, 0.3) is 0 Å². The molecule has 1 saturated carbocycles. The average molecular weight is 301 g/mol. The third-order valence-electron chi connectivity index (χ3n) is 3.85. The molecule has 2 amide bonds. The van der Waals surface area contributed by atoms with Gasteiger partial charge in [0, 0.05) is 11.4 Å². The zero-order chi connectivity index (χ0) is 15.8. The first kappa shape index (κ1) is 16.2. The second-order valence-corrected chi connectivity index (χ2v) is 5.66. The fourth-order valence-electron chi connectivity index (χ4n) is 2.50. The van der Waals surface area contributed by atoms with Crippen molar-refractivity contribution in [3.05, 3.63) is 29.8 Å².